The van der Waals surface area contributed by atoms with E-state index in [2.05, 4.69) is 10.3 Å². The fraction of sp³-hybridized carbons (Fsp3) is 0.346. The minimum atomic E-state index is -3.66. The quantitative estimate of drug-likeness (QED) is 0.391. The van der Waals surface area contributed by atoms with Crippen LogP contribution in [0.2, 0.25) is 0 Å². The SMILES string of the molecule is CC(C)(O)c1coc(S(=N)(=O)CC(=O)Nc2c(CC3CCC3)cc(F)cc2-c2ccnc(C#N)c2)c1. The molecule has 0 aliphatic heterocycles. The van der Waals surface area contributed by atoms with Gasteiger partial charge in [0.1, 0.15) is 33.1 Å². The molecule has 1 aromatic carbocycles. The van der Waals surface area contributed by atoms with Crippen LogP contribution in [-0.2, 0) is 26.5 Å². The molecule has 0 spiro atoms. The molecule has 1 fully saturated rings. The van der Waals surface area contributed by atoms with Gasteiger partial charge in [0.25, 0.3) is 0 Å². The minimum Gasteiger partial charge on any atom is -0.454 e. The van der Waals surface area contributed by atoms with E-state index in [1.165, 1.54) is 50.6 Å². The highest BCUT2D eigenvalue weighted by Crippen LogP contribution is 2.37. The maximum atomic E-state index is 14.7. The first-order valence-electron chi connectivity index (χ1n) is 11.5. The first-order chi connectivity index (χ1) is 17.0. The van der Waals surface area contributed by atoms with Crippen LogP contribution in [0.5, 0.6) is 0 Å². The Labute approximate surface area is 209 Å². The topological polar surface area (TPSA) is 140 Å². The molecule has 1 amide bonds. The number of carbonyl (C=O) groups is 1. The molecule has 0 radical (unpaired) electrons. The number of carbonyl (C=O) groups excluding carboxylic acids is 1. The minimum absolute atomic E-state index is 0.143. The number of amides is 1. The number of halogens is 1. The van der Waals surface area contributed by atoms with Gasteiger partial charge in [-0.25, -0.2) is 18.4 Å². The number of nitrogens with zero attached hydrogens (tertiary/aromatic N) is 2. The fourth-order valence-corrected chi connectivity index (χ4v) is 5.21. The van der Waals surface area contributed by atoms with Crippen molar-refractivity contribution in [3.63, 3.8) is 0 Å². The van der Waals surface area contributed by atoms with Crippen molar-refractivity contribution < 1.29 is 22.9 Å². The average molecular weight is 511 g/mol. The second-order valence-electron chi connectivity index (χ2n) is 9.61. The summed E-state index contributed by atoms with van der Waals surface area (Å²) in [6.45, 7) is 3.05. The zero-order chi connectivity index (χ0) is 26.1. The first kappa shape index (κ1) is 25.5. The van der Waals surface area contributed by atoms with Crippen LogP contribution in [0, 0.1) is 27.8 Å². The molecule has 3 aromatic rings. The molecule has 1 saturated carbocycles. The van der Waals surface area contributed by atoms with Gasteiger partial charge in [0.05, 0.1) is 17.6 Å². The van der Waals surface area contributed by atoms with Crippen molar-refractivity contribution in [1.29, 1.82) is 10.0 Å². The van der Waals surface area contributed by atoms with Crippen LogP contribution >= 0.6 is 0 Å². The Bertz CT molecular complexity index is 1450. The summed E-state index contributed by atoms with van der Waals surface area (Å²) in [5, 5.41) is 21.9. The molecule has 10 heteroatoms. The average Bonchev–Trinajstić information content (AvgIpc) is 3.29. The van der Waals surface area contributed by atoms with Gasteiger partial charge < -0.3 is 14.8 Å². The van der Waals surface area contributed by atoms with Crippen molar-refractivity contribution in [1.82, 2.24) is 4.98 Å². The van der Waals surface area contributed by atoms with E-state index in [1.54, 1.807) is 6.07 Å². The molecule has 36 heavy (non-hydrogen) atoms. The van der Waals surface area contributed by atoms with Gasteiger partial charge in [-0.15, -0.1) is 0 Å². The van der Waals surface area contributed by atoms with Gasteiger partial charge in [-0.1, -0.05) is 19.3 Å². The molecular formula is C26H27FN4O4S. The van der Waals surface area contributed by atoms with Crippen molar-refractivity contribution in [3.05, 3.63) is 65.4 Å². The van der Waals surface area contributed by atoms with Gasteiger partial charge >= 0.3 is 0 Å². The summed E-state index contributed by atoms with van der Waals surface area (Å²) >= 11 is 0. The van der Waals surface area contributed by atoms with E-state index >= 15 is 0 Å². The predicted molar refractivity (Wildman–Crippen MR) is 132 cm³/mol. The van der Waals surface area contributed by atoms with E-state index < -0.39 is 32.8 Å². The number of hydrogen-bond donors (Lipinski definition) is 3. The molecule has 4 rings (SSSR count). The molecule has 188 valence electrons. The van der Waals surface area contributed by atoms with Crippen LogP contribution in [0.4, 0.5) is 10.1 Å². The van der Waals surface area contributed by atoms with Crippen molar-refractivity contribution in [2.24, 2.45) is 5.92 Å². The van der Waals surface area contributed by atoms with Crippen molar-refractivity contribution in [2.75, 3.05) is 11.1 Å². The van der Waals surface area contributed by atoms with Crippen LogP contribution in [0.1, 0.15) is 49.9 Å². The van der Waals surface area contributed by atoms with Crippen LogP contribution < -0.4 is 5.32 Å². The van der Waals surface area contributed by atoms with Crippen molar-refractivity contribution in [3.8, 4) is 17.2 Å². The Morgan fingerprint density at radius 3 is 2.72 bits per heavy atom. The zero-order valence-corrected chi connectivity index (χ0v) is 20.8. The number of pyridine rings is 1. The van der Waals surface area contributed by atoms with Gasteiger partial charge in [-0.05, 0) is 61.6 Å². The summed E-state index contributed by atoms with van der Waals surface area (Å²) in [4.78, 5) is 17.0. The maximum absolute atomic E-state index is 14.7. The highest BCUT2D eigenvalue weighted by molar-refractivity contribution is 7.93. The Kier molecular flexibility index (Phi) is 6.98. The molecule has 8 nitrogen and oxygen atoms in total. The smallest absolute Gasteiger partial charge is 0.238 e. The number of benzene rings is 1. The molecule has 2 heterocycles. The molecular weight excluding hydrogens is 483 g/mol. The van der Waals surface area contributed by atoms with Crippen molar-refractivity contribution in [2.45, 2.75) is 50.2 Å². The lowest BCUT2D eigenvalue weighted by Gasteiger charge is -2.27. The van der Waals surface area contributed by atoms with E-state index in [-0.39, 0.29) is 10.8 Å². The van der Waals surface area contributed by atoms with E-state index in [0.29, 0.717) is 40.3 Å². The highest BCUT2D eigenvalue weighted by Gasteiger charge is 2.27. The molecule has 2 aromatic heterocycles. The van der Waals surface area contributed by atoms with Gasteiger partial charge in [-0.3, -0.25) is 4.79 Å². The Morgan fingerprint density at radius 1 is 1.36 bits per heavy atom. The highest BCUT2D eigenvalue weighted by atomic mass is 32.2. The summed E-state index contributed by atoms with van der Waals surface area (Å²) in [5.74, 6) is -1.50. The Hall–Kier alpha value is -3.55. The van der Waals surface area contributed by atoms with Crippen LogP contribution in [0.25, 0.3) is 11.1 Å². The zero-order valence-electron chi connectivity index (χ0n) is 20.0. The van der Waals surface area contributed by atoms with Crippen LogP contribution in [0.15, 0.2) is 52.3 Å². The van der Waals surface area contributed by atoms with Crippen LogP contribution in [-0.4, -0.2) is 26.0 Å². The molecule has 0 bridgehead atoms. The molecule has 1 aliphatic rings. The summed E-state index contributed by atoms with van der Waals surface area (Å²) in [6.07, 6.45) is 6.32. The number of furan rings is 1. The molecule has 1 unspecified atom stereocenters. The number of hydrogen-bond acceptors (Lipinski definition) is 7. The van der Waals surface area contributed by atoms with E-state index in [9.17, 15) is 23.8 Å². The summed E-state index contributed by atoms with van der Waals surface area (Å²) in [7, 11) is -3.66. The van der Waals surface area contributed by atoms with E-state index in [1.807, 2.05) is 6.07 Å². The second-order valence-corrected chi connectivity index (χ2v) is 11.7. The molecule has 1 aliphatic carbocycles. The summed E-state index contributed by atoms with van der Waals surface area (Å²) in [6, 6.07) is 9.05. The lowest BCUT2D eigenvalue weighted by molar-refractivity contribution is -0.113. The molecule has 0 saturated heterocycles. The first-order valence-corrected chi connectivity index (χ1v) is 13.3. The van der Waals surface area contributed by atoms with Gasteiger partial charge in [0, 0.05) is 23.4 Å². The van der Waals surface area contributed by atoms with E-state index in [4.69, 9.17) is 9.20 Å². The number of rotatable bonds is 8. The van der Waals surface area contributed by atoms with Gasteiger partial charge in [-0.2, -0.15) is 5.26 Å². The van der Waals surface area contributed by atoms with E-state index in [0.717, 1.165) is 19.3 Å². The third-order valence-electron chi connectivity index (χ3n) is 6.31. The van der Waals surface area contributed by atoms with Crippen molar-refractivity contribution >= 4 is 21.3 Å². The fourth-order valence-electron chi connectivity index (χ4n) is 4.11. The monoisotopic (exact) mass is 510 g/mol. The lowest BCUT2D eigenvalue weighted by atomic mass is 9.80. The number of aliphatic hydroxyl groups is 1. The summed E-state index contributed by atoms with van der Waals surface area (Å²) < 4.78 is 41.3. The molecule has 3 N–H and O–H groups in total. The number of anilines is 1. The standard InChI is InChI=1S/C26H27FN4O4S/c1-26(2,33)19-11-24(35-14-19)36(29,34)15-23(32)31-25-18(8-16-4-3-5-16)9-20(27)12-22(25)17-6-7-30-21(10-17)13-28/h6-7,9-12,14,16,29,33H,3-5,8,15H2,1-2H3,(H,31,32). The third kappa shape index (κ3) is 5.64. The number of aromatic nitrogens is 1. The van der Waals surface area contributed by atoms with Gasteiger partial charge in [0.15, 0.2) is 5.09 Å². The summed E-state index contributed by atoms with van der Waals surface area (Å²) in [5.41, 5.74) is 1.05. The second kappa shape index (κ2) is 9.84. The number of nitriles is 1. The Balaban J connectivity index is 1.68. The molecule has 1 atom stereocenters. The lowest BCUT2D eigenvalue weighted by Crippen LogP contribution is -2.24. The van der Waals surface area contributed by atoms with Gasteiger partial charge in [0.2, 0.25) is 5.91 Å². The Morgan fingerprint density at radius 2 is 2.11 bits per heavy atom. The van der Waals surface area contributed by atoms with Crippen LogP contribution in [0.3, 0.4) is 0 Å². The number of nitrogens with one attached hydrogen (secondary N) is 2. The maximum Gasteiger partial charge on any atom is 0.238 e. The largest absolute Gasteiger partial charge is 0.454 e. The third-order valence-corrected chi connectivity index (χ3v) is 7.84. The normalized spacial score (nSPS) is 15.5. The predicted octanol–water partition coefficient (Wildman–Crippen LogP) is 4.97.